The zero-order valence-corrected chi connectivity index (χ0v) is 13.9. The SMILES string of the molecule is CC(C(=O)O)C(NC(=O)C1CCCC2CNNC21)c1ccccc1. The van der Waals surface area contributed by atoms with Gasteiger partial charge in [0.2, 0.25) is 5.91 Å². The van der Waals surface area contributed by atoms with Gasteiger partial charge in [0, 0.05) is 12.6 Å². The maximum atomic E-state index is 12.9. The van der Waals surface area contributed by atoms with E-state index in [0.717, 1.165) is 31.4 Å². The number of hydrogen-bond donors (Lipinski definition) is 4. The van der Waals surface area contributed by atoms with Gasteiger partial charge in [0.05, 0.1) is 17.9 Å². The summed E-state index contributed by atoms with van der Waals surface area (Å²) < 4.78 is 0. The second-order valence-corrected chi connectivity index (χ2v) is 6.87. The molecule has 6 heteroatoms. The van der Waals surface area contributed by atoms with Crippen molar-refractivity contribution in [2.24, 2.45) is 17.8 Å². The monoisotopic (exact) mass is 331 g/mol. The van der Waals surface area contributed by atoms with E-state index in [1.54, 1.807) is 6.92 Å². The van der Waals surface area contributed by atoms with E-state index >= 15 is 0 Å². The maximum Gasteiger partial charge on any atom is 0.308 e. The zero-order valence-electron chi connectivity index (χ0n) is 13.9. The third kappa shape index (κ3) is 3.44. The van der Waals surface area contributed by atoms with Gasteiger partial charge in [-0.25, -0.2) is 0 Å². The average Bonchev–Trinajstić information content (AvgIpc) is 3.08. The Morgan fingerprint density at radius 3 is 2.71 bits per heavy atom. The van der Waals surface area contributed by atoms with E-state index < -0.39 is 17.9 Å². The molecule has 24 heavy (non-hydrogen) atoms. The molecular formula is C18H25N3O3. The van der Waals surface area contributed by atoms with Gasteiger partial charge in [-0.1, -0.05) is 36.8 Å². The highest BCUT2D eigenvalue weighted by Gasteiger charge is 2.41. The first-order chi connectivity index (χ1) is 11.6. The van der Waals surface area contributed by atoms with Crippen molar-refractivity contribution in [1.82, 2.24) is 16.2 Å². The van der Waals surface area contributed by atoms with Crippen molar-refractivity contribution in [1.29, 1.82) is 0 Å². The van der Waals surface area contributed by atoms with Gasteiger partial charge in [-0.2, -0.15) is 0 Å². The molecule has 0 aromatic heterocycles. The number of carbonyl (C=O) groups is 2. The number of amides is 1. The molecule has 1 saturated heterocycles. The first kappa shape index (κ1) is 16.9. The molecule has 6 nitrogen and oxygen atoms in total. The number of nitrogens with one attached hydrogen (secondary N) is 3. The molecule has 4 N–H and O–H groups in total. The van der Waals surface area contributed by atoms with Crippen LogP contribution in [0.2, 0.25) is 0 Å². The quantitative estimate of drug-likeness (QED) is 0.656. The highest BCUT2D eigenvalue weighted by molar-refractivity contribution is 5.81. The van der Waals surface area contributed by atoms with Gasteiger partial charge in [-0.15, -0.1) is 0 Å². The maximum absolute atomic E-state index is 12.9. The Bertz CT molecular complexity index is 592. The molecule has 130 valence electrons. The van der Waals surface area contributed by atoms with Crippen LogP contribution in [0.15, 0.2) is 30.3 Å². The van der Waals surface area contributed by atoms with Crippen molar-refractivity contribution >= 4 is 11.9 Å². The van der Waals surface area contributed by atoms with Crippen LogP contribution < -0.4 is 16.2 Å². The Morgan fingerprint density at radius 2 is 2.00 bits per heavy atom. The van der Waals surface area contributed by atoms with Crippen LogP contribution in [0.4, 0.5) is 0 Å². The third-order valence-corrected chi connectivity index (χ3v) is 5.35. The lowest BCUT2D eigenvalue weighted by atomic mass is 9.77. The summed E-state index contributed by atoms with van der Waals surface area (Å²) >= 11 is 0. The lowest BCUT2D eigenvalue weighted by Gasteiger charge is -2.33. The first-order valence-electron chi connectivity index (χ1n) is 8.64. The summed E-state index contributed by atoms with van der Waals surface area (Å²) in [5.74, 6) is -1.30. The molecule has 1 aliphatic heterocycles. The van der Waals surface area contributed by atoms with Gasteiger partial charge < -0.3 is 10.4 Å². The van der Waals surface area contributed by atoms with Crippen LogP contribution in [-0.2, 0) is 9.59 Å². The Labute approximate surface area is 142 Å². The molecule has 1 saturated carbocycles. The topological polar surface area (TPSA) is 90.5 Å². The van der Waals surface area contributed by atoms with Crippen molar-refractivity contribution in [2.45, 2.75) is 38.3 Å². The van der Waals surface area contributed by atoms with Gasteiger partial charge in [0.15, 0.2) is 0 Å². The molecule has 0 bridgehead atoms. The molecule has 5 atom stereocenters. The van der Waals surface area contributed by atoms with E-state index in [2.05, 4.69) is 16.2 Å². The lowest BCUT2D eigenvalue weighted by molar-refractivity contribution is -0.142. The summed E-state index contributed by atoms with van der Waals surface area (Å²) in [7, 11) is 0. The zero-order chi connectivity index (χ0) is 17.1. The smallest absolute Gasteiger partial charge is 0.308 e. The van der Waals surface area contributed by atoms with Crippen molar-refractivity contribution in [3.8, 4) is 0 Å². The largest absolute Gasteiger partial charge is 0.481 e. The molecule has 1 aromatic carbocycles. The predicted octanol–water partition coefficient (Wildman–Crippen LogP) is 1.46. The highest BCUT2D eigenvalue weighted by Crippen LogP contribution is 2.32. The normalized spacial score (nSPS) is 28.6. The number of carboxylic acids is 1. The van der Waals surface area contributed by atoms with E-state index in [-0.39, 0.29) is 17.9 Å². The second-order valence-electron chi connectivity index (χ2n) is 6.87. The molecule has 1 aromatic rings. The van der Waals surface area contributed by atoms with Gasteiger partial charge >= 0.3 is 5.97 Å². The highest BCUT2D eigenvalue weighted by atomic mass is 16.4. The lowest BCUT2D eigenvalue weighted by Crippen LogP contribution is -2.49. The number of hydrogen-bond acceptors (Lipinski definition) is 4. The Hall–Kier alpha value is -1.92. The van der Waals surface area contributed by atoms with E-state index in [1.807, 2.05) is 30.3 Å². The van der Waals surface area contributed by atoms with Gasteiger partial charge in [0.1, 0.15) is 0 Å². The van der Waals surface area contributed by atoms with Crippen molar-refractivity contribution < 1.29 is 14.7 Å². The Kier molecular flexibility index (Phi) is 5.16. The first-order valence-corrected chi connectivity index (χ1v) is 8.64. The molecule has 5 unspecified atom stereocenters. The standard InChI is InChI=1S/C18H25N3O3/c1-11(18(23)24)15(12-6-3-2-4-7-12)20-17(22)14-9-5-8-13-10-19-21-16(13)14/h2-4,6-7,11,13-16,19,21H,5,8-10H2,1H3,(H,20,22)(H,23,24). The van der Waals surface area contributed by atoms with Crippen LogP contribution in [0.5, 0.6) is 0 Å². The van der Waals surface area contributed by atoms with Crippen LogP contribution in [0.3, 0.4) is 0 Å². The van der Waals surface area contributed by atoms with Crippen molar-refractivity contribution in [2.75, 3.05) is 6.54 Å². The van der Waals surface area contributed by atoms with E-state index in [1.165, 1.54) is 0 Å². The van der Waals surface area contributed by atoms with Crippen LogP contribution in [-0.4, -0.2) is 29.6 Å². The van der Waals surface area contributed by atoms with Crippen LogP contribution >= 0.6 is 0 Å². The number of aliphatic carboxylic acids is 1. The van der Waals surface area contributed by atoms with Crippen LogP contribution in [0.1, 0.15) is 37.8 Å². The van der Waals surface area contributed by atoms with Crippen LogP contribution in [0.25, 0.3) is 0 Å². The van der Waals surface area contributed by atoms with Gasteiger partial charge in [-0.3, -0.25) is 20.4 Å². The fourth-order valence-corrected chi connectivity index (χ4v) is 3.90. The van der Waals surface area contributed by atoms with Gasteiger partial charge in [-0.05, 0) is 31.2 Å². The summed E-state index contributed by atoms with van der Waals surface area (Å²) in [6.07, 6.45) is 3.00. The Morgan fingerprint density at radius 1 is 1.25 bits per heavy atom. The van der Waals surface area contributed by atoms with E-state index in [0.29, 0.717) is 5.92 Å². The molecule has 1 heterocycles. The summed E-state index contributed by atoms with van der Waals surface area (Å²) in [6, 6.07) is 8.95. The van der Waals surface area contributed by atoms with Gasteiger partial charge in [0.25, 0.3) is 0 Å². The number of carbonyl (C=O) groups excluding carboxylic acids is 1. The fourth-order valence-electron chi connectivity index (χ4n) is 3.90. The molecule has 0 spiro atoms. The minimum Gasteiger partial charge on any atom is -0.481 e. The van der Waals surface area contributed by atoms with Crippen molar-refractivity contribution in [3.05, 3.63) is 35.9 Å². The molecule has 3 rings (SSSR count). The molecule has 1 aliphatic carbocycles. The van der Waals surface area contributed by atoms with E-state index in [4.69, 9.17) is 0 Å². The summed E-state index contributed by atoms with van der Waals surface area (Å²) in [6.45, 7) is 2.53. The molecule has 2 aliphatic rings. The second kappa shape index (κ2) is 7.32. The van der Waals surface area contributed by atoms with E-state index in [9.17, 15) is 14.7 Å². The number of fused-ring (bicyclic) bond motifs is 1. The molecule has 1 amide bonds. The fraction of sp³-hybridized carbons (Fsp3) is 0.556. The number of benzene rings is 1. The summed E-state index contributed by atoms with van der Waals surface area (Å²) in [4.78, 5) is 24.4. The minimum absolute atomic E-state index is 0.0529. The molecule has 2 fully saturated rings. The van der Waals surface area contributed by atoms with Crippen molar-refractivity contribution in [3.63, 3.8) is 0 Å². The number of carboxylic acid groups (broad SMARTS) is 1. The number of rotatable bonds is 5. The summed E-state index contributed by atoms with van der Waals surface area (Å²) in [5.41, 5.74) is 7.20. The Balaban J connectivity index is 1.76. The molecule has 0 radical (unpaired) electrons. The summed E-state index contributed by atoms with van der Waals surface area (Å²) in [5, 5.41) is 12.4. The average molecular weight is 331 g/mol. The number of hydrazine groups is 1. The molecular weight excluding hydrogens is 306 g/mol. The van der Waals surface area contributed by atoms with Crippen LogP contribution in [0, 0.1) is 17.8 Å². The third-order valence-electron chi connectivity index (χ3n) is 5.35. The predicted molar refractivity (Wildman–Crippen MR) is 89.9 cm³/mol. The minimum atomic E-state index is -0.911.